The van der Waals surface area contributed by atoms with Crippen molar-refractivity contribution in [1.82, 2.24) is 0 Å². The molecule has 0 aromatic heterocycles. The van der Waals surface area contributed by atoms with Crippen LogP contribution in [0.1, 0.15) is 57.3 Å². The second-order valence-corrected chi connectivity index (χ2v) is 8.89. The van der Waals surface area contributed by atoms with Crippen LogP contribution in [-0.4, -0.2) is 29.2 Å². The molecule has 2 rings (SSSR count). The molecule has 0 aliphatic heterocycles. The highest BCUT2D eigenvalue weighted by molar-refractivity contribution is 6.34. The van der Waals surface area contributed by atoms with Crippen molar-refractivity contribution in [3.05, 3.63) is 26.8 Å². The lowest BCUT2D eigenvalue weighted by Crippen LogP contribution is -2.40. The van der Waals surface area contributed by atoms with Gasteiger partial charge in [-0.2, -0.15) is 0 Å². The van der Waals surface area contributed by atoms with E-state index in [1.165, 1.54) is 13.2 Å². The van der Waals surface area contributed by atoms with Crippen LogP contribution < -0.4 is 10.1 Å². The molecular weight excluding hydrogens is 360 g/mol. The van der Waals surface area contributed by atoms with Crippen molar-refractivity contribution in [1.29, 1.82) is 0 Å². The molecule has 1 fully saturated rings. The Hall–Kier alpha value is -2.02. The van der Waals surface area contributed by atoms with Crippen molar-refractivity contribution in [2.75, 3.05) is 12.4 Å². The van der Waals surface area contributed by atoms with Gasteiger partial charge in [-0.25, -0.2) is 4.79 Å². The van der Waals surface area contributed by atoms with Crippen LogP contribution in [0.3, 0.4) is 0 Å². The van der Waals surface area contributed by atoms with Crippen LogP contribution in [-0.2, 0) is 0 Å². The maximum Gasteiger partial charge on any atom is 0.339 e. The van der Waals surface area contributed by atoms with Gasteiger partial charge in [0.1, 0.15) is 11.3 Å². The first-order chi connectivity index (χ1) is 11.9. The van der Waals surface area contributed by atoms with Crippen LogP contribution in [0, 0.1) is 20.9 Å². The predicted molar refractivity (Wildman–Crippen MR) is 100 cm³/mol. The minimum absolute atomic E-state index is 0.00362. The van der Waals surface area contributed by atoms with Crippen molar-refractivity contribution in [3.63, 3.8) is 0 Å². The highest BCUT2D eigenvalue weighted by Gasteiger charge is 2.40. The van der Waals surface area contributed by atoms with Gasteiger partial charge in [-0.15, -0.1) is 0 Å². The van der Waals surface area contributed by atoms with Crippen molar-refractivity contribution in [3.8, 4) is 5.75 Å². The van der Waals surface area contributed by atoms with Crippen LogP contribution in [0.4, 0.5) is 11.4 Å². The zero-order valence-electron chi connectivity index (χ0n) is 15.7. The average Bonchev–Trinajstić information content (AvgIpc) is 2.44. The highest BCUT2D eigenvalue weighted by Crippen LogP contribution is 2.49. The standard InChI is InChI=1S/C18H25ClN2O5/c1-17(2)7-10(8-18(3,4)9-17)20-13-12(19)6-11(16(22)23)15(26-5)14(13)21(24)25/h6,10,20H,7-9H2,1-5H3,(H,22,23). The van der Waals surface area contributed by atoms with Crippen molar-refractivity contribution >= 4 is 28.9 Å². The van der Waals surface area contributed by atoms with E-state index in [1.807, 2.05) is 0 Å². The van der Waals surface area contributed by atoms with Gasteiger partial charge in [0.15, 0.2) is 0 Å². The zero-order chi connectivity index (χ0) is 19.9. The van der Waals surface area contributed by atoms with E-state index in [-0.39, 0.29) is 38.9 Å². The molecule has 26 heavy (non-hydrogen) atoms. The average molecular weight is 385 g/mol. The molecule has 0 bridgehead atoms. The van der Waals surface area contributed by atoms with Gasteiger partial charge < -0.3 is 15.2 Å². The number of hydrogen-bond donors (Lipinski definition) is 2. The number of hydrogen-bond acceptors (Lipinski definition) is 5. The van der Waals surface area contributed by atoms with Crippen LogP contribution in [0.25, 0.3) is 0 Å². The van der Waals surface area contributed by atoms with Crippen LogP contribution in [0.15, 0.2) is 6.07 Å². The normalized spacial score (nSPS) is 19.0. The number of ether oxygens (including phenoxy) is 1. The Balaban J connectivity index is 2.52. The third kappa shape index (κ3) is 4.20. The van der Waals surface area contributed by atoms with E-state index in [0.717, 1.165) is 19.3 Å². The number of methoxy groups -OCH3 is 1. The Bertz CT molecular complexity index is 730. The summed E-state index contributed by atoms with van der Waals surface area (Å²) in [5.74, 6) is -1.64. The van der Waals surface area contributed by atoms with Gasteiger partial charge in [0.2, 0.25) is 5.75 Å². The zero-order valence-corrected chi connectivity index (χ0v) is 16.4. The monoisotopic (exact) mass is 384 g/mol. The third-order valence-electron chi connectivity index (χ3n) is 4.73. The number of benzene rings is 1. The number of carboxylic acid groups (broad SMARTS) is 1. The van der Waals surface area contributed by atoms with Gasteiger partial charge in [-0.1, -0.05) is 39.3 Å². The molecule has 1 aliphatic rings. The van der Waals surface area contributed by atoms with Crippen LogP contribution in [0.2, 0.25) is 5.02 Å². The van der Waals surface area contributed by atoms with E-state index in [2.05, 4.69) is 33.0 Å². The summed E-state index contributed by atoms with van der Waals surface area (Å²) in [6.07, 6.45) is 2.70. The van der Waals surface area contributed by atoms with Crippen LogP contribution >= 0.6 is 11.6 Å². The number of aromatic carboxylic acids is 1. The summed E-state index contributed by atoms with van der Waals surface area (Å²) in [6, 6.07) is 1.17. The van der Waals surface area contributed by atoms with E-state index >= 15 is 0 Å². The molecule has 0 heterocycles. The molecule has 7 nitrogen and oxygen atoms in total. The molecule has 0 saturated heterocycles. The van der Waals surface area contributed by atoms with Gasteiger partial charge >= 0.3 is 11.7 Å². The second kappa shape index (κ2) is 6.95. The largest absolute Gasteiger partial charge is 0.489 e. The lowest BCUT2D eigenvalue weighted by Gasteiger charge is -2.45. The molecule has 8 heteroatoms. The fourth-order valence-electron chi connectivity index (χ4n) is 4.45. The first-order valence-corrected chi connectivity index (χ1v) is 8.79. The molecule has 144 valence electrons. The summed E-state index contributed by atoms with van der Waals surface area (Å²) in [4.78, 5) is 22.4. The summed E-state index contributed by atoms with van der Waals surface area (Å²) in [7, 11) is 1.21. The number of nitrogens with one attached hydrogen (secondary N) is 1. The second-order valence-electron chi connectivity index (χ2n) is 8.48. The highest BCUT2D eigenvalue weighted by atomic mass is 35.5. The summed E-state index contributed by atoms with van der Waals surface area (Å²) >= 11 is 6.23. The first-order valence-electron chi connectivity index (χ1n) is 8.41. The number of anilines is 1. The Labute approximate surface area is 157 Å². The third-order valence-corrected chi connectivity index (χ3v) is 5.03. The first kappa shape index (κ1) is 20.3. The maximum atomic E-state index is 11.7. The lowest BCUT2D eigenvalue weighted by molar-refractivity contribution is -0.384. The lowest BCUT2D eigenvalue weighted by atomic mass is 9.63. The number of carbonyl (C=O) groups is 1. The van der Waals surface area contributed by atoms with Crippen molar-refractivity contribution < 1.29 is 19.6 Å². The minimum Gasteiger partial charge on any atom is -0.489 e. The van der Waals surface area contributed by atoms with Crippen molar-refractivity contribution in [2.24, 2.45) is 10.8 Å². The summed E-state index contributed by atoms with van der Waals surface area (Å²) in [6.45, 7) is 8.69. The molecule has 1 saturated carbocycles. The van der Waals surface area contributed by atoms with Crippen LogP contribution in [0.5, 0.6) is 5.75 Å². The molecular formula is C18H25ClN2O5. The van der Waals surface area contributed by atoms with E-state index in [4.69, 9.17) is 16.3 Å². The number of rotatable bonds is 5. The molecule has 2 N–H and O–H groups in total. The summed E-state index contributed by atoms with van der Waals surface area (Å²) in [5, 5.41) is 24.2. The fraction of sp³-hybridized carbons (Fsp3) is 0.611. The molecule has 1 aromatic rings. The predicted octanol–water partition coefficient (Wildman–Crippen LogP) is 4.97. The van der Waals surface area contributed by atoms with Crippen molar-refractivity contribution in [2.45, 2.75) is 53.0 Å². The van der Waals surface area contributed by atoms with Gasteiger partial charge in [-0.3, -0.25) is 10.1 Å². The smallest absolute Gasteiger partial charge is 0.339 e. The molecule has 0 atom stereocenters. The maximum absolute atomic E-state index is 11.7. The SMILES string of the molecule is COc1c(C(=O)O)cc(Cl)c(NC2CC(C)(C)CC(C)(C)C2)c1[N+](=O)[O-]. The topological polar surface area (TPSA) is 102 Å². The Kier molecular flexibility index (Phi) is 5.42. The van der Waals surface area contributed by atoms with Gasteiger partial charge in [0.05, 0.1) is 17.1 Å². The quantitative estimate of drug-likeness (QED) is 0.548. The van der Waals surface area contributed by atoms with Gasteiger partial charge in [0, 0.05) is 6.04 Å². The number of carboxylic acids is 1. The molecule has 0 spiro atoms. The number of nitro groups is 1. The molecule has 1 aliphatic carbocycles. The minimum atomic E-state index is -1.33. The summed E-state index contributed by atoms with van der Waals surface area (Å²) < 4.78 is 5.04. The Morgan fingerprint density at radius 3 is 2.31 bits per heavy atom. The number of nitrogens with zero attached hydrogens (tertiary/aromatic N) is 1. The Morgan fingerprint density at radius 1 is 1.35 bits per heavy atom. The Morgan fingerprint density at radius 2 is 1.88 bits per heavy atom. The number of nitro benzene ring substituents is 1. The fourth-order valence-corrected chi connectivity index (χ4v) is 4.70. The van der Waals surface area contributed by atoms with Gasteiger partial charge in [-0.05, 0) is 36.2 Å². The van der Waals surface area contributed by atoms with E-state index < -0.39 is 16.6 Å². The molecule has 0 amide bonds. The number of halogens is 1. The van der Waals surface area contributed by atoms with E-state index in [9.17, 15) is 20.0 Å². The molecule has 0 unspecified atom stereocenters. The van der Waals surface area contributed by atoms with E-state index in [0.29, 0.717) is 0 Å². The molecule has 1 aromatic carbocycles. The van der Waals surface area contributed by atoms with E-state index in [1.54, 1.807) is 0 Å². The summed E-state index contributed by atoms with van der Waals surface area (Å²) in [5.41, 5.74) is -0.521. The molecule has 0 radical (unpaired) electrons. The van der Waals surface area contributed by atoms with Gasteiger partial charge in [0.25, 0.3) is 0 Å².